The first-order valence-electron chi connectivity index (χ1n) is 24.8. The summed E-state index contributed by atoms with van der Waals surface area (Å²) >= 11 is 0. The second-order valence-electron chi connectivity index (χ2n) is 18.4. The molecular weight excluding hydrogens is 869 g/mol. The van der Waals surface area contributed by atoms with Gasteiger partial charge in [-0.2, -0.15) is 0 Å². The number of nitrogens with zero attached hydrogens (tertiary/aromatic N) is 2. The van der Waals surface area contributed by atoms with Gasteiger partial charge in [-0.3, -0.25) is 0 Å². The molecule has 0 N–H and O–H groups in total. The van der Waals surface area contributed by atoms with Crippen LogP contribution >= 0.6 is 0 Å². The summed E-state index contributed by atoms with van der Waals surface area (Å²) in [6.45, 7) is 0. The first-order chi connectivity index (χ1) is 35.7. The highest BCUT2D eigenvalue weighted by Gasteiger charge is 2.24. The van der Waals surface area contributed by atoms with E-state index in [0.717, 1.165) is 45.0 Å². The Balaban J connectivity index is 1.05. The summed E-state index contributed by atoms with van der Waals surface area (Å²) < 4.78 is 2.40. The predicted octanol–water partition coefficient (Wildman–Crippen LogP) is 19.4. The topological polar surface area (TPSA) is 8.17 Å². The van der Waals surface area contributed by atoms with Crippen LogP contribution in [0, 0.1) is 0 Å². The van der Waals surface area contributed by atoms with Gasteiger partial charge in [-0.15, -0.1) is 0 Å². The molecule has 0 aliphatic heterocycles. The fourth-order valence-corrected chi connectivity index (χ4v) is 10.9. The lowest BCUT2D eigenvalue weighted by molar-refractivity contribution is 1.18. The molecule has 338 valence electrons. The van der Waals surface area contributed by atoms with E-state index in [1.807, 2.05) is 0 Å². The Morgan fingerprint density at radius 2 is 0.764 bits per heavy atom. The summed E-state index contributed by atoms with van der Waals surface area (Å²) in [6.07, 6.45) is 0. The molecule has 0 aliphatic carbocycles. The van der Waals surface area contributed by atoms with Crippen molar-refractivity contribution in [1.29, 1.82) is 0 Å². The van der Waals surface area contributed by atoms with Crippen molar-refractivity contribution < 1.29 is 0 Å². The van der Waals surface area contributed by atoms with Crippen LogP contribution in [0.2, 0.25) is 0 Å². The van der Waals surface area contributed by atoms with E-state index in [1.165, 1.54) is 77.1 Å². The Hall–Kier alpha value is -9.50. The van der Waals surface area contributed by atoms with Crippen molar-refractivity contribution in [3.63, 3.8) is 0 Å². The van der Waals surface area contributed by atoms with Crippen LogP contribution in [0.3, 0.4) is 0 Å². The van der Waals surface area contributed by atoms with E-state index < -0.39 is 0 Å². The van der Waals surface area contributed by atoms with Crippen molar-refractivity contribution in [3.05, 3.63) is 291 Å². The van der Waals surface area contributed by atoms with Gasteiger partial charge in [0.15, 0.2) is 0 Å². The second-order valence-corrected chi connectivity index (χ2v) is 18.4. The number of para-hydroxylation sites is 3. The molecule has 0 aliphatic rings. The Morgan fingerprint density at radius 1 is 0.264 bits per heavy atom. The molecule has 0 amide bonds. The lowest BCUT2D eigenvalue weighted by Crippen LogP contribution is -2.11. The lowest BCUT2D eigenvalue weighted by atomic mass is 9.84. The van der Waals surface area contributed by atoms with Gasteiger partial charge >= 0.3 is 0 Å². The van der Waals surface area contributed by atoms with E-state index in [2.05, 4.69) is 301 Å². The minimum atomic E-state index is 1.06. The molecule has 0 spiro atoms. The molecule has 0 fully saturated rings. The van der Waals surface area contributed by atoms with Crippen LogP contribution in [-0.2, 0) is 0 Å². The van der Waals surface area contributed by atoms with E-state index in [-0.39, 0.29) is 0 Å². The van der Waals surface area contributed by atoms with Crippen LogP contribution < -0.4 is 4.90 Å². The lowest BCUT2D eigenvalue weighted by Gasteiger charge is -2.30. The van der Waals surface area contributed by atoms with Crippen molar-refractivity contribution in [3.8, 4) is 72.4 Å². The van der Waals surface area contributed by atoms with Crippen LogP contribution in [-0.4, -0.2) is 4.57 Å². The molecule has 1 heterocycles. The molecule has 13 aromatic rings. The normalized spacial score (nSPS) is 11.3. The van der Waals surface area contributed by atoms with Gasteiger partial charge in [0.2, 0.25) is 0 Å². The van der Waals surface area contributed by atoms with Gasteiger partial charge in [0.1, 0.15) is 0 Å². The van der Waals surface area contributed by atoms with Gasteiger partial charge in [-0.1, -0.05) is 231 Å². The zero-order chi connectivity index (χ0) is 47.8. The highest BCUT2D eigenvalue weighted by atomic mass is 15.1. The van der Waals surface area contributed by atoms with Gasteiger partial charge in [0, 0.05) is 33.4 Å². The number of rotatable bonds is 10. The Labute approximate surface area is 420 Å². The molecule has 0 bridgehead atoms. The monoisotopic (exact) mass is 916 g/mol. The number of aromatic nitrogens is 1. The third kappa shape index (κ3) is 7.63. The molecule has 0 saturated carbocycles. The summed E-state index contributed by atoms with van der Waals surface area (Å²) in [6, 6.07) is 106. The standard InChI is InChI=1S/C70H48N2/c1-4-23-50(24-5-1)59-34-12-13-36-63(59)69-60(51-25-6-2-7-26-51)38-20-40-64(69)62-35-14-16-41-66(62)71(57-32-18-28-53(47-57)54-45-44-49-22-10-11-27-52(49)46-54)58-33-19-29-55(48-58)61-39-21-43-68-70(61)65-37-15-17-42-67(65)72(68)56-30-8-3-9-31-56/h1-48H. The molecule has 0 saturated heterocycles. The smallest absolute Gasteiger partial charge is 0.0547 e. The number of hydrogen-bond acceptors (Lipinski definition) is 1. The van der Waals surface area contributed by atoms with E-state index >= 15 is 0 Å². The van der Waals surface area contributed by atoms with Crippen LogP contribution in [0.4, 0.5) is 17.1 Å². The largest absolute Gasteiger partial charge is 0.310 e. The van der Waals surface area contributed by atoms with Gasteiger partial charge in [0.05, 0.1) is 16.7 Å². The third-order valence-corrected chi connectivity index (χ3v) is 14.2. The van der Waals surface area contributed by atoms with Crippen LogP contribution in [0.15, 0.2) is 291 Å². The third-order valence-electron chi connectivity index (χ3n) is 14.2. The highest BCUT2D eigenvalue weighted by molar-refractivity contribution is 6.16. The number of hydrogen-bond donors (Lipinski definition) is 0. The molecule has 13 rings (SSSR count). The molecule has 12 aromatic carbocycles. The first kappa shape index (κ1) is 42.6. The van der Waals surface area contributed by atoms with Crippen molar-refractivity contribution in [1.82, 2.24) is 4.57 Å². The van der Waals surface area contributed by atoms with E-state index in [9.17, 15) is 0 Å². The van der Waals surface area contributed by atoms with Crippen LogP contribution in [0.5, 0.6) is 0 Å². The van der Waals surface area contributed by atoms with E-state index in [1.54, 1.807) is 0 Å². The highest BCUT2D eigenvalue weighted by Crippen LogP contribution is 2.49. The maximum atomic E-state index is 2.47. The van der Waals surface area contributed by atoms with E-state index in [4.69, 9.17) is 0 Å². The Kier molecular flexibility index (Phi) is 10.9. The zero-order valence-electron chi connectivity index (χ0n) is 39.6. The molecule has 0 radical (unpaired) electrons. The summed E-state index contributed by atoms with van der Waals surface area (Å²) in [4.78, 5) is 2.47. The molecule has 2 heteroatoms. The number of benzene rings is 12. The van der Waals surface area contributed by atoms with Gasteiger partial charge < -0.3 is 9.47 Å². The summed E-state index contributed by atoms with van der Waals surface area (Å²) in [5.74, 6) is 0. The molecule has 1 aromatic heterocycles. The first-order valence-corrected chi connectivity index (χ1v) is 24.8. The Morgan fingerprint density at radius 3 is 1.54 bits per heavy atom. The van der Waals surface area contributed by atoms with Gasteiger partial charge in [0.25, 0.3) is 0 Å². The maximum absolute atomic E-state index is 2.47. The molecule has 0 atom stereocenters. The Bertz CT molecular complexity index is 4090. The minimum Gasteiger partial charge on any atom is -0.310 e. The van der Waals surface area contributed by atoms with E-state index in [0.29, 0.717) is 0 Å². The SMILES string of the molecule is c1ccc(-c2ccccc2-c2c(-c3ccccc3)cccc2-c2ccccc2N(c2cccc(-c3ccc4ccccc4c3)c2)c2cccc(-c3cccc4c3c3ccccc3n4-c3ccccc3)c2)cc1. The molecular formula is C70H48N2. The van der Waals surface area contributed by atoms with Gasteiger partial charge in [-0.25, -0.2) is 0 Å². The van der Waals surface area contributed by atoms with Crippen molar-refractivity contribution in [2.75, 3.05) is 4.90 Å². The zero-order valence-corrected chi connectivity index (χ0v) is 39.6. The van der Waals surface area contributed by atoms with Crippen LogP contribution in [0.25, 0.3) is 105 Å². The molecule has 72 heavy (non-hydrogen) atoms. The summed E-state index contributed by atoms with van der Waals surface area (Å²) in [5.41, 5.74) is 20.7. The average Bonchev–Trinajstić information content (AvgIpc) is 3.80. The quantitative estimate of drug-likeness (QED) is 0.133. The minimum absolute atomic E-state index is 1.06. The fraction of sp³-hybridized carbons (Fsp3) is 0. The van der Waals surface area contributed by atoms with Crippen LogP contribution in [0.1, 0.15) is 0 Å². The van der Waals surface area contributed by atoms with Crippen molar-refractivity contribution >= 4 is 49.6 Å². The summed E-state index contributed by atoms with van der Waals surface area (Å²) in [5, 5.41) is 4.91. The molecule has 0 unspecified atom stereocenters. The predicted molar refractivity (Wildman–Crippen MR) is 306 cm³/mol. The maximum Gasteiger partial charge on any atom is 0.0547 e. The van der Waals surface area contributed by atoms with Crippen molar-refractivity contribution in [2.24, 2.45) is 0 Å². The summed E-state index contributed by atoms with van der Waals surface area (Å²) in [7, 11) is 0. The average molecular weight is 917 g/mol. The number of fused-ring (bicyclic) bond motifs is 4. The van der Waals surface area contributed by atoms with Crippen molar-refractivity contribution in [2.45, 2.75) is 0 Å². The fourth-order valence-electron chi connectivity index (χ4n) is 10.9. The number of anilines is 3. The second kappa shape index (κ2) is 18.4. The molecule has 2 nitrogen and oxygen atoms in total. The van der Waals surface area contributed by atoms with Gasteiger partial charge in [-0.05, 0) is 133 Å².